The van der Waals surface area contributed by atoms with Gasteiger partial charge in [-0.2, -0.15) is 0 Å². The molecule has 3 N–H and O–H groups in total. The molecule has 0 aliphatic heterocycles. The van der Waals surface area contributed by atoms with Gasteiger partial charge in [0.15, 0.2) is 0 Å². The van der Waals surface area contributed by atoms with Crippen molar-refractivity contribution in [2.45, 2.75) is 173 Å². The predicted molar refractivity (Wildman–Crippen MR) is 189 cm³/mol. The van der Waals surface area contributed by atoms with E-state index in [1.54, 1.807) is 0 Å². The first-order chi connectivity index (χ1) is 22.4. The Morgan fingerprint density at radius 3 is 1.41 bits per heavy atom. The van der Waals surface area contributed by atoms with Crippen molar-refractivity contribution in [3.8, 4) is 0 Å². The molecule has 0 spiro atoms. The number of hydrogen-bond acceptors (Lipinski definition) is 7. The molecule has 0 rings (SSSR count). The molecule has 0 saturated heterocycles. The minimum atomic E-state index is -1.07. The van der Waals surface area contributed by atoms with Crippen molar-refractivity contribution in [3.63, 3.8) is 0 Å². The van der Waals surface area contributed by atoms with Crippen molar-refractivity contribution in [2.75, 3.05) is 13.2 Å². The number of unbranched alkanes of at least 4 members (excludes halogenated alkanes) is 12. The molecule has 7 heteroatoms. The highest BCUT2D eigenvalue weighted by Crippen LogP contribution is 2.13. The Labute approximate surface area is 281 Å². The van der Waals surface area contributed by atoms with Crippen LogP contribution < -0.4 is 0 Å². The number of allylic oxidation sites excluding steroid dienone is 7. The average molecular weight is 649 g/mol. The van der Waals surface area contributed by atoms with Gasteiger partial charge in [-0.3, -0.25) is 9.59 Å². The lowest BCUT2D eigenvalue weighted by atomic mass is 10.0. The standard InChI is InChI=1S/C39H68O7/c1-3-5-7-9-11-13-15-17-19-21-23-25-27-31-38(43)45-33-35(40)34-46-39(44)32-28-30-37(42)36(41)29-26-24-22-20-18-16-14-12-10-8-6-4-2/h6,8,12,14,18,20,24,26,35-37,40-42H,3-5,7,9-11,13,15-17,19,21-23,25,27-34H2,1-2H3/b8-6-,14-12-,20-18-,26-24-/t35-,36-,37-/m0/s1. The van der Waals surface area contributed by atoms with Gasteiger partial charge in [0.25, 0.3) is 0 Å². The van der Waals surface area contributed by atoms with Crippen molar-refractivity contribution in [1.82, 2.24) is 0 Å². The number of ether oxygens (including phenoxy) is 2. The third kappa shape index (κ3) is 31.7. The first-order valence-corrected chi connectivity index (χ1v) is 18.4. The minimum absolute atomic E-state index is 0.0688. The highest BCUT2D eigenvalue weighted by Gasteiger charge is 2.16. The van der Waals surface area contributed by atoms with Gasteiger partial charge in [0.05, 0.1) is 12.2 Å². The second-order valence-corrected chi connectivity index (χ2v) is 12.3. The van der Waals surface area contributed by atoms with Crippen molar-refractivity contribution in [3.05, 3.63) is 48.6 Å². The van der Waals surface area contributed by atoms with Crippen LogP contribution in [0.25, 0.3) is 0 Å². The summed E-state index contributed by atoms with van der Waals surface area (Å²) in [5.41, 5.74) is 0. The van der Waals surface area contributed by atoms with Gasteiger partial charge >= 0.3 is 11.9 Å². The number of rotatable bonds is 32. The normalized spacial score (nSPS) is 14.1. The van der Waals surface area contributed by atoms with Crippen LogP contribution in [0.2, 0.25) is 0 Å². The Hall–Kier alpha value is -2.22. The molecule has 0 bridgehead atoms. The van der Waals surface area contributed by atoms with Gasteiger partial charge in [0, 0.05) is 12.8 Å². The molecule has 0 fully saturated rings. The molecular weight excluding hydrogens is 580 g/mol. The summed E-state index contributed by atoms with van der Waals surface area (Å²) in [7, 11) is 0. The molecule has 0 amide bonds. The zero-order chi connectivity index (χ0) is 33.9. The van der Waals surface area contributed by atoms with Crippen LogP contribution in [0.1, 0.15) is 155 Å². The fourth-order valence-corrected chi connectivity index (χ4v) is 4.88. The molecule has 46 heavy (non-hydrogen) atoms. The van der Waals surface area contributed by atoms with Gasteiger partial charge in [-0.1, -0.05) is 140 Å². The van der Waals surface area contributed by atoms with E-state index in [4.69, 9.17) is 9.47 Å². The van der Waals surface area contributed by atoms with Gasteiger partial charge in [-0.05, 0) is 51.4 Å². The summed E-state index contributed by atoms with van der Waals surface area (Å²) in [5.74, 6) is -0.843. The molecule has 0 aromatic carbocycles. The summed E-state index contributed by atoms with van der Waals surface area (Å²) >= 11 is 0. The predicted octanol–water partition coefficient (Wildman–Crippen LogP) is 9.00. The lowest BCUT2D eigenvalue weighted by Gasteiger charge is -2.16. The SMILES string of the molecule is CC/C=C\C/C=C\C/C=C\C/C=C\C[C@H](O)[C@@H](O)CCCC(=O)OC[C@@H](O)COC(=O)CCCCCCCCCCCCCCC. The molecule has 0 aliphatic carbocycles. The van der Waals surface area contributed by atoms with E-state index in [9.17, 15) is 24.9 Å². The zero-order valence-electron chi connectivity index (χ0n) is 29.3. The fraction of sp³-hybridized carbons (Fsp3) is 0.744. The van der Waals surface area contributed by atoms with Crippen LogP contribution in [0.3, 0.4) is 0 Å². The maximum Gasteiger partial charge on any atom is 0.305 e. The molecule has 0 aromatic rings. The molecule has 0 radical (unpaired) electrons. The molecule has 3 atom stereocenters. The first-order valence-electron chi connectivity index (χ1n) is 18.4. The number of carbonyl (C=O) groups excluding carboxylic acids is 2. The van der Waals surface area contributed by atoms with Crippen LogP contribution in [0, 0.1) is 0 Å². The monoisotopic (exact) mass is 648 g/mol. The average Bonchev–Trinajstić information content (AvgIpc) is 3.05. The summed E-state index contributed by atoms with van der Waals surface area (Å²) in [6.07, 6.45) is 34.9. The van der Waals surface area contributed by atoms with Crippen LogP contribution >= 0.6 is 0 Å². The first kappa shape index (κ1) is 43.8. The van der Waals surface area contributed by atoms with E-state index in [2.05, 4.69) is 50.3 Å². The number of aliphatic hydroxyl groups excluding tert-OH is 3. The van der Waals surface area contributed by atoms with Crippen molar-refractivity contribution in [1.29, 1.82) is 0 Å². The largest absolute Gasteiger partial charge is 0.463 e. The van der Waals surface area contributed by atoms with Gasteiger partial charge < -0.3 is 24.8 Å². The highest BCUT2D eigenvalue weighted by molar-refractivity contribution is 5.69. The van der Waals surface area contributed by atoms with Crippen LogP contribution in [0.4, 0.5) is 0 Å². The summed E-state index contributed by atoms with van der Waals surface area (Å²) in [6.45, 7) is 3.92. The summed E-state index contributed by atoms with van der Waals surface area (Å²) in [6, 6.07) is 0. The van der Waals surface area contributed by atoms with E-state index in [0.717, 1.165) is 44.9 Å². The minimum Gasteiger partial charge on any atom is -0.463 e. The molecule has 0 unspecified atom stereocenters. The molecule has 0 aromatic heterocycles. The van der Waals surface area contributed by atoms with Gasteiger partial charge in [0.1, 0.15) is 19.3 Å². The van der Waals surface area contributed by atoms with Crippen LogP contribution in [-0.4, -0.2) is 58.8 Å². The lowest BCUT2D eigenvalue weighted by molar-refractivity contribution is -0.152. The van der Waals surface area contributed by atoms with Gasteiger partial charge in [0.2, 0.25) is 0 Å². The molecule has 0 saturated carbocycles. The van der Waals surface area contributed by atoms with E-state index >= 15 is 0 Å². The number of hydrogen-bond donors (Lipinski definition) is 3. The Kier molecular flexibility index (Phi) is 32.5. The van der Waals surface area contributed by atoms with Crippen LogP contribution in [-0.2, 0) is 19.1 Å². The Morgan fingerprint density at radius 2 is 0.935 bits per heavy atom. The topological polar surface area (TPSA) is 113 Å². The quantitative estimate of drug-likeness (QED) is 0.0379. The zero-order valence-corrected chi connectivity index (χ0v) is 29.3. The maximum absolute atomic E-state index is 12.0. The molecule has 0 heterocycles. The van der Waals surface area contributed by atoms with Gasteiger partial charge in [-0.25, -0.2) is 0 Å². The number of aliphatic hydroxyl groups is 3. The second kappa shape index (κ2) is 34.1. The second-order valence-electron chi connectivity index (χ2n) is 12.3. The highest BCUT2D eigenvalue weighted by atomic mass is 16.6. The van der Waals surface area contributed by atoms with E-state index in [1.807, 2.05) is 12.2 Å². The van der Waals surface area contributed by atoms with E-state index in [-0.39, 0.29) is 32.0 Å². The van der Waals surface area contributed by atoms with E-state index < -0.39 is 24.3 Å². The molecule has 7 nitrogen and oxygen atoms in total. The maximum atomic E-state index is 12.0. The van der Waals surface area contributed by atoms with Crippen molar-refractivity contribution in [2.24, 2.45) is 0 Å². The summed E-state index contributed by atoms with van der Waals surface area (Å²) in [5, 5.41) is 30.3. The van der Waals surface area contributed by atoms with E-state index in [0.29, 0.717) is 19.3 Å². The third-order valence-electron chi connectivity index (χ3n) is 7.78. The van der Waals surface area contributed by atoms with Crippen molar-refractivity contribution >= 4 is 11.9 Å². The lowest BCUT2D eigenvalue weighted by Crippen LogP contribution is -2.26. The third-order valence-corrected chi connectivity index (χ3v) is 7.78. The fourth-order valence-electron chi connectivity index (χ4n) is 4.88. The van der Waals surface area contributed by atoms with Crippen LogP contribution in [0.15, 0.2) is 48.6 Å². The Balaban J connectivity index is 3.72. The Bertz CT molecular complexity index is 817. The summed E-state index contributed by atoms with van der Waals surface area (Å²) < 4.78 is 10.2. The van der Waals surface area contributed by atoms with E-state index in [1.165, 1.54) is 64.2 Å². The summed E-state index contributed by atoms with van der Waals surface area (Å²) in [4.78, 5) is 23.9. The Morgan fingerprint density at radius 1 is 0.522 bits per heavy atom. The van der Waals surface area contributed by atoms with Crippen LogP contribution in [0.5, 0.6) is 0 Å². The molecular formula is C39H68O7. The number of carbonyl (C=O) groups is 2. The van der Waals surface area contributed by atoms with Gasteiger partial charge in [-0.15, -0.1) is 0 Å². The molecule has 0 aliphatic rings. The number of esters is 2. The molecule has 266 valence electrons. The smallest absolute Gasteiger partial charge is 0.305 e. The van der Waals surface area contributed by atoms with Crippen molar-refractivity contribution < 1.29 is 34.4 Å².